The van der Waals surface area contributed by atoms with Gasteiger partial charge in [0, 0.05) is 92.1 Å². The minimum absolute atomic E-state index is 0.208. The molecule has 0 spiro atoms. The maximum atomic E-state index is 7.45. The molecule has 20 rings (SSSR count). The molecular formula is C80H47B2N3O3S2. The molecule has 0 aliphatic carbocycles. The summed E-state index contributed by atoms with van der Waals surface area (Å²) in [6.07, 6.45) is 0. The van der Waals surface area contributed by atoms with Crippen molar-refractivity contribution >= 4 is 186 Å². The zero-order valence-electron chi connectivity index (χ0n) is 48.2. The van der Waals surface area contributed by atoms with Crippen LogP contribution in [0.5, 0.6) is 11.5 Å². The molecule has 16 aromatic rings. The largest absolute Gasteiger partial charge is 0.454 e. The van der Waals surface area contributed by atoms with Crippen LogP contribution < -0.4 is 52.2 Å². The van der Waals surface area contributed by atoms with Gasteiger partial charge in [-0.25, -0.2) is 0 Å². The summed E-state index contributed by atoms with van der Waals surface area (Å²) in [5.74, 6) is 1.58. The lowest BCUT2D eigenvalue weighted by Crippen LogP contribution is -2.64. The van der Waals surface area contributed by atoms with Gasteiger partial charge in [-0.05, 0) is 188 Å². The Labute approximate surface area is 527 Å². The van der Waals surface area contributed by atoms with Gasteiger partial charge in [-0.3, -0.25) is 0 Å². The van der Waals surface area contributed by atoms with Crippen LogP contribution in [0.4, 0.5) is 51.2 Å². The predicted molar refractivity (Wildman–Crippen MR) is 377 cm³/mol. The molecule has 0 saturated heterocycles. The van der Waals surface area contributed by atoms with Gasteiger partial charge in [0.25, 0.3) is 13.4 Å². The SMILES string of the molecule is c1ccc(Sc2ccc3cc4oc5c6c7c(cc5c4cc3c2)N(c2ccccc2)c2cc3c(cc2B7c2ccccc2O6)B2c4ccccc4N(c4ccccc4)c4c2c(cc2c4oc4cc5ccc(Sc6ccccc6)cc5cc42)N3c2ccccc2)cc1. The van der Waals surface area contributed by atoms with Crippen molar-refractivity contribution in [2.24, 2.45) is 0 Å². The lowest BCUT2D eigenvalue weighted by molar-refractivity contribution is 0.481. The monoisotopic (exact) mass is 1180 g/mol. The Balaban J connectivity index is 0.866. The Morgan fingerprint density at radius 2 is 0.756 bits per heavy atom. The van der Waals surface area contributed by atoms with Crippen molar-refractivity contribution in [2.45, 2.75) is 19.6 Å². The molecule has 6 nitrogen and oxygen atoms in total. The van der Waals surface area contributed by atoms with Gasteiger partial charge in [0.15, 0.2) is 16.9 Å². The summed E-state index contributed by atoms with van der Waals surface area (Å²) in [4.78, 5) is 12.3. The Morgan fingerprint density at radius 3 is 1.33 bits per heavy atom. The van der Waals surface area contributed by atoms with E-state index >= 15 is 0 Å². The maximum absolute atomic E-state index is 7.45. The molecule has 14 aromatic carbocycles. The second-order valence-corrected chi connectivity index (χ2v) is 26.1. The van der Waals surface area contributed by atoms with Gasteiger partial charge in [-0.1, -0.05) is 169 Å². The number of hydrogen-bond donors (Lipinski definition) is 0. The van der Waals surface area contributed by atoms with E-state index in [1.807, 2.05) is 0 Å². The Kier molecular flexibility index (Phi) is 10.8. The van der Waals surface area contributed by atoms with Crippen molar-refractivity contribution in [2.75, 3.05) is 14.7 Å². The molecule has 90 heavy (non-hydrogen) atoms. The van der Waals surface area contributed by atoms with E-state index in [2.05, 4.69) is 300 Å². The number of hydrogen-bond acceptors (Lipinski definition) is 8. The van der Waals surface area contributed by atoms with Crippen molar-refractivity contribution in [3.8, 4) is 11.5 Å². The molecule has 4 aliphatic heterocycles. The van der Waals surface area contributed by atoms with Gasteiger partial charge < -0.3 is 28.3 Å². The smallest absolute Gasteiger partial charge is 0.256 e. The molecular weight excluding hydrogens is 1140 g/mol. The van der Waals surface area contributed by atoms with E-state index in [-0.39, 0.29) is 13.4 Å². The van der Waals surface area contributed by atoms with Crippen LogP contribution in [0.1, 0.15) is 0 Å². The minimum atomic E-state index is -0.223. The Bertz CT molecular complexity index is 5690. The van der Waals surface area contributed by atoms with Crippen LogP contribution in [0.15, 0.2) is 314 Å². The molecule has 6 heterocycles. The van der Waals surface area contributed by atoms with E-state index in [1.54, 1.807) is 23.5 Å². The second kappa shape index (κ2) is 19.4. The lowest BCUT2D eigenvalue weighted by atomic mass is 9.30. The fraction of sp³-hybridized carbons (Fsp3) is 0. The molecule has 2 aromatic heterocycles. The molecule has 4 aliphatic rings. The maximum Gasteiger partial charge on any atom is 0.256 e. The normalized spacial score (nSPS) is 13.4. The molecule has 10 heteroatoms. The first kappa shape index (κ1) is 50.3. The van der Waals surface area contributed by atoms with Crippen LogP contribution >= 0.6 is 23.5 Å². The molecule has 0 saturated carbocycles. The highest BCUT2D eigenvalue weighted by Crippen LogP contribution is 2.53. The highest BCUT2D eigenvalue weighted by Gasteiger charge is 2.49. The molecule has 418 valence electrons. The number of nitrogens with zero attached hydrogens (tertiary/aromatic N) is 3. The summed E-state index contributed by atoms with van der Waals surface area (Å²) >= 11 is 3.56. The molecule has 0 N–H and O–H groups in total. The van der Waals surface area contributed by atoms with Crippen LogP contribution in [0, 0.1) is 0 Å². The van der Waals surface area contributed by atoms with Crippen LogP contribution in [0.2, 0.25) is 0 Å². The number of ether oxygens (including phenoxy) is 1. The fourth-order valence-corrected chi connectivity index (χ4v) is 16.8. The van der Waals surface area contributed by atoms with Crippen LogP contribution in [0.3, 0.4) is 0 Å². The van der Waals surface area contributed by atoms with E-state index in [9.17, 15) is 0 Å². The Hall–Kier alpha value is -10.8. The van der Waals surface area contributed by atoms with Gasteiger partial charge in [-0.2, -0.15) is 0 Å². The van der Waals surface area contributed by atoms with Gasteiger partial charge >= 0.3 is 0 Å². The van der Waals surface area contributed by atoms with Crippen LogP contribution in [-0.2, 0) is 0 Å². The van der Waals surface area contributed by atoms with Crippen LogP contribution in [0.25, 0.3) is 65.4 Å². The van der Waals surface area contributed by atoms with Gasteiger partial charge in [-0.15, -0.1) is 0 Å². The third-order valence-electron chi connectivity index (χ3n) is 18.8. The summed E-state index contributed by atoms with van der Waals surface area (Å²) in [7, 11) is 0. The van der Waals surface area contributed by atoms with Gasteiger partial charge in [0.2, 0.25) is 0 Å². The number of furan rings is 2. The van der Waals surface area contributed by atoms with E-state index in [0.717, 1.165) is 139 Å². The van der Waals surface area contributed by atoms with Crippen molar-refractivity contribution in [1.82, 2.24) is 0 Å². The first-order valence-electron chi connectivity index (χ1n) is 30.6. The number of anilines is 9. The van der Waals surface area contributed by atoms with Crippen LogP contribution in [-0.4, -0.2) is 13.4 Å². The standard InChI is InChI=1S/C80H47B2N3O3S2/c1-6-20-52(21-7-1)83-68-47-69-66(82-64-31-17-19-33-72(64)86-80-76(82)71(84(69)53-22-8-2-9-23-53)45-62-60-41-51-39-58(90-56-28-14-5-15-29-56)37-35-49(51)43-74(60)88-79(62)80)46-65(68)81-63-30-16-18-32-67(63)85(54-24-10-3-11-25-54)77-75(81)70(83)44-61-59-40-50-38-57(89-55-26-12-4-13-27-55)36-34-48(50)42-73(59)87-78(61)77/h1-47H. The Morgan fingerprint density at radius 1 is 0.289 bits per heavy atom. The van der Waals surface area contributed by atoms with E-state index in [0.29, 0.717) is 0 Å². The summed E-state index contributed by atoms with van der Waals surface area (Å²) in [6.45, 7) is -0.431. The quantitative estimate of drug-likeness (QED) is 0.146. The lowest BCUT2D eigenvalue weighted by Gasteiger charge is -2.46. The number of rotatable bonds is 7. The van der Waals surface area contributed by atoms with E-state index < -0.39 is 0 Å². The van der Waals surface area contributed by atoms with Crippen molar-refractivity contribution in [3.63, 3.8) is 0 Å². The average molecular weight is 1180 g/mol. The molecule has 0 bridgehead atoms. The second-order valence-electron chi connectivity index (χ2n) is 23.8. The van der Waals surface area contributed by atoms with E-state index in [1.165, 1.54) is 41.4 Å². The molecule has 0 atom stereocenters. The summed E-state index contributed by atoms with van der Waals surface area (Å²) in [6, 6.07) is 104. The van der Waals surface area contributed by atoms with Gasteiger partial charge in [0.05, 0.1) is 5.69 Å². The molecule has 0 radical (unpaired) electrons. The minimum Gasteiger partial charge on any atom is -0.454 e. The third-order valence-corrected chi connectivity index (χ3v) is 20.8. The summed E-state index contributed by atoms with van der Waals surface area (Å²) in [5.41, 5.74) is 20.0. The number of para-hydroxylation sites is 5. The topological polar surface area (TPSA) is 45.2 Å². The fourth-order valence-electron chi connectivity index (χ4n) is 15.1. The third kappa shape index (κ3) is 7.46. The zero-order chi connectivity index (χ0) is 58.7. The highest BCUT2D eigenvalue weighted by atomic mass is 32.2. The highest BCUT2D eigenvalue weighted by molar-refractivity contribution is 7.99. The van der Waals surface area contributed by atoms with Crippen molar-refractivity contribution in [1.29, 1.82) is 0 Å². The molecule has 0 fully saturated rings. The van der Waals surface area contributed by atoms with Crippen molar-refractivity contribution < 1.29 is 13.6 Å². The molecule has 0 unspecified atom stereocenters. The molecule has 0 amide bonds. The number of fused-ring (bicyclic) bond motifs is 18. The summed E-state index contributed by atoms with van der Waals surface area (Å²) in [5, 5.41) is 8.75. The first-order chi connectivity index (χ1) is 44.6. The summed E-state index contributed by atoms with van der Waals surface area (Å²) < 4.78 is 21.9. The average Bonchev–Trinajstić information content (AvgIpc) is 1.15. The van der Waals surface area contributed by atoms with Gasteiger partial charge in [0.1, 0.15) is 16.9 Å². The first-order valence-corrected chi connectivity index (χ1v) is 32.2. The number of benzene rings is 14. The van der Waals surface area contributed by atoms with Crippen molar-refractivity contribution in [3.05, 3.63) is 285 Å². The van der Waals surface area contributed by atoms with E-state index in [4.69, 9.17) is 13.6 Å². The zero-order valence-corrected chi connectivity index (χ0v) is 49.8. The predicted octanol–water partition coefficient (Wildman–Crippen LogP) is 18.6.